The van der Waals surface area contributed by atoms with E-state index in [1.54, 1.807) is 0 Å². The summed E-state index contributed by atoms with van der Waals surface area (Å²) in [6.07, 6.45) is 19.9. The van der Waals surface area contributed by atoms with E-state index in [4.69, 9.17) is 18.9 Å². The molecular formula is C35H57NO4Si. The van der Waals surface area contributed by atoms with Crippen molar-refractivity contribution in [3.63, 3.8) is 0 Å². The molecule has 41 heavy (non-hydrogen) atoms. The van der Waals surface area contributed by atoms with Gasteiger partial charge >= 0.3 is 0 Å². The Kier molecular flexibility index (Phi) is 16.3. The fourth-order valence-corrected chi connectivity index (χ4v) is 7.15. The molecule has 3 unspecified atom stereocenters. The molecule has 3 atom stereocenters. The van der Waals surface area contributed by atoms with Crippen LogP contribution in [0.5, 0.6) is 17.4 Å². The molecule has 0 amide bonds. The number of fused-ring (bicyclic) bond motifs is 1. The predicted molar refractivity (Wildman–Crippen MR) is 174 cm³/mol. The Labute approximate surface area is 252 Å². The van der Waals surface area contributed by atoms with Crippen molar-refractivity contribution in [3.8, 4) is 28.5 Å². The number of hydrogen-bond acceptors (Lipinski definition) is 5. The first-order valence-corrected chi connectivity index (χ1v) is 18.4. The summed E-state index contributed by atoms with van der Waals surface area (Å²) in [6.45, 7) is 11.6. The quantitative estimate of drug-likeness (QED) is 0.0963. The van der Waals surface area contributed by atoms with Crippen molar-refractivity contribution in [2.45, 2.75) is 129 Å². The van der Waals surface area contributed by atoms with Crippen LogP contribution in [-0.2, 0) is 4.74 Å². The van der Waals surface area contributed by atoms with E-state index in [0.29, 0.717) is 12.5 Å². The Morgan fingerprint density at radius 1 is 0.732 bits per heavy atom. The Bertz CT molecular complexity index is 954. The standard InChI is InChI=1S/C35H57NO4Si/c1-5-7-11-16-28(3)17-12-9-10-13-18-29(4)41-35-39-32-21-19-30(26-33(32)40-35)31-20-22-34(36-27-31)38-25-15-14-24-37-23-8-6-2/h19-22,26-29,35H,5-18,23-25,41H2,1-4H3. The molecule has 5 nitrogen and oxygen atoms in total. The van der Waals surface area contributed by atoms with E-state index < -0.39 is 9.52 Å². The lowest BCUT2D eigenvalue weighted by Crippen LogP contribution is -2.28. The summed E-state index contributed by atoms with van der Waals surface area (Å²) in [5, 5.41) is 0. The second-order valence-electron chi connectivity index (χ2n) is 12.2. The second-order valence-corrected chi connectivity index (χ2v) is 14.7. The van der Waals surface area contributed by atoms with Crippen LogP contribution in [0, 0.1) is 5.92 Å². The maximum atomic E-state index is 6.27. The lowest BCUT2D eigenvalue weighted by atomic mass is 9.96. The first kappa shape index (κ1) is 33.4. The molecule has 0 saturated carbocycles. The van der Waals surface area contributed by atoms with Gasteiger partial charge in [-0.3, -0.25) is 0 Å². The third-order valence-corrected chi connectivity index (χ3v) is 10.1. The number of nitrogens with zero attached hydrogens (tertiary/aromatic N) is 1. The zero-order chi connectivity index (χ0) is 29.1. The molecule has 230 valence electrons. The van der Waals surface area contributed by atoms with Gasteiger partial charge in [0, 0.05) is 31.0 Å². The highest BCUT2D eigenvalue weighted by Gasteiger charge is 2.26. The molecule has 1 aliphatic rings. The van der Waals surface area contributed by atoms with Crippen LogP contribution in [0.1, 0.15) is 118 Å². The van der Waals surface area contributed by atoms with Crippen LogP contribution in [0.3, 0.4) is 0 Å². The van der Waals surface area contributed by atoms with Gasteiger partial charge < -0.3 is 18.9 Å². The smallest absolute Gasteiger partial charge is 0.213 e. The minimum atomic E-state index is -0.496. The van der Waals surface area contributed by atoms with E-state index in [2.05, 4.69) is 50.9 Å². The summed E-state index contributed by atoms with van der Waals surface area (Å²) in [5.74, 6) is 3.25. The topological polar surface area (TPSA) is 49.8 Å². The van der Waals surface area contributed by atoms with E-state index in [1.165, 1.54) is 70.6 Å². The van der Waals surface area contributed by atoms with E-state index in [-0.39, 0.29) is 5.91 Å². The van der Waals surface area contributed by atoms with Crippen LogP contribution in [0.2, 0.25) is 5.54 Å². The van der Waals surface area contributed by atoms with Crippen molar-refractivity contribution in [2.24, 2.45) is 5.92 Å². The Morgan fingerprint density at radius 3 is 2.17 bits per heavy atom. The molecule has 1 aliphatic heterocycles. The van der Waals surface area contributed by atoms with Gasteiger partial charge in [0.15, 0.2) is 11.5 Å². The van der Waals surface area contributed by atoms with Gasteiger partial charge in [0.1, 0.15) is 9.52 Å². The number of ether oxygens (including phenoxy) is 4. The van der Waals surface area contributed by atoms with Crippen LogP contribution in [0.25, 0.3) is 11.1 Å². The fourth-order valence-electron chi connectivity index (χ4n) is 5.42. The van der Waals surface area contributed by atoms with Gasteiger partial charge in [0.2, 0.25) is 11.8 Å². The molecule has 2 heterocycles. The Hall–Kier alpha value is -2.05. The van der Waals surface area contributed by atoms with Gasteiger partial charge in [-0.25, -0.2) is 4.98 Å². The largest absolute Gasteiger partial charge is 0.478 e. The van der Waals surface area contributed by atoms with Crippen molar-refractivity contribution in [3.05, 3.63) is 36.5 Å². The van der Waals surface area contributed by atoms with Crippen molar-refractivity contribution in [2.75, 3.05) is 19.8 Å². The zero-order valence-electron chi connectivity index (χ0n) is 26.5. The van der Waals surface area contributed by atoms with Crippen LogP contribution >= 0.6 is 0 Å². The van der Waals surface area contributed by atoms with Crippen molar-refractivity contribution in [1.29, 1.82) is 0 Å². The summed E-state index contributed by atoms with van der Waals surface area (Å²) in [6, 6.07) is 10.2. The molecule has 1 aromatic carbocycles. The molecule has 0 N–H and O–H groups in total. The maximum absolute atomic E-state index is 6.27. The molecule has 0 bridgehead atoms. The second kappa shape index (κ2) is 20.0. The highest BCUT2D eigenvalue weighted by molar-refractivity contribution is 6.38. The lowest BCUT2D eigenvalue weighted by molar-refractivity contribution is 0.122. The molecule has 3 rings (SSSR count). The molecular weight excluding hydrogens is 526 g/mol. The molecule has 2 aromatic rings. The van der Waals surface area contributed by atoms with Crippen LogP contribution < -0.4 is 14.2 Å². The molecule has 1 aromatic heterocycles. The first-order valence-electron chi connectivity index (χ1n) is 16.7. The van der Waals surface area contributed by atoms with E-state index in [1.807, 2.05) is 18.3 Å². The molecule has 6 heteroatoms. The third kappa shape index (κ3) is 13.2. The first-order chi connectivity index (χ1) is 20.1. The van der Waals surface area contributed by atoms with Crippen LogP contribution in [0.4, 0.5) is 0 Å². The van der Waals surface area contributed by atoms with Gasteiger partial charge in [0.05, 0.1) is 6.61 Å². The molecule has 0 spiro atoms. The summed E-state index contributed by atoms with van der Waals surface area (Å²) in [4.78, 5) is 4.51. The number of pyridine rings is 1. The summed E-state index contributed by atoms with van der Waals surface area (Å²) in [7, 11) is -0.496. The van der Waals surface area contributed by atoms with E-state index in [0.717, 1.165) is 66.6 Å². The average Bonchev–Trinajstić information content (AvgIpc) is 3.38. The maximum Gasteiger partial charge on any atom is 0.213 e. The molecule has 0 saturated heterocycles. The zero-order valence-corrected chi connectivity index (χ0v) is 27.9. The van der Waals surface area contributed by atoms with Gasteiger partial charge in [-0.2, -0.15) is 0 Å². The number of benzene rings is 1. The highest BCUT2D eigenvalue weighted by Crippen LogP contribution is 2.38. The monoisotopic (exact) mass is 583 g/mol. The average molecular weight is 584 g/mol. The SMILES string of the molecule is CCCCCC(C)CCCCCCC(C)[SiH2]C1Oc2ccc(-c3ccc(OCCCCOCCCC)nc3)cc2O1. The van der Waals surface area contributed by atoms with Crippen molar-refractivity contribution in [1.82, 2.24) is 4.98 Å². The number of aromatic nitrogens is 1. The van der Waals surface area contributed by atoms with Gasteiger partial charge in [0.25, 0.3) is 0 Å². The number of rotatable bonds is 23. The van der Waals surface area contributed by atoms with Gasteiger partial charge in [-0.15, -0.1) is 0 Å². The van der Waals surface area contributed by atoms with E-state index >= 15 is 0 Å². The van der Waals surface area contributed by atoms with Crippen molar-refractivity contribution >= 4 is 9.52 Å². The van der Waals surface area contributed by atoms with Gasteiger partial charge in [-0.1, -0.05) is 104 Å². The minimum Gasteiger partial charge on any atom is -0.478 e. The summed E-state index contributed by atoms with van der Waals surface area (Å²) >= 11 is 0. The highest BCUT2D eigenvalue weighted by atomic mass is 28.2. The molecule has 0 fully saturated rings. The van der Waals surface area contributed by atoms with E-state index in [9.17, 15) is 0 Å². The Morgan fingerprint density at radius 2 is 1.41 bits per heavy atom. The summed E-state index contributed by atoms with van der Waals surface area (Å²) < 4.78 is 23.9. The lowest BCUT2D eigenvalue weighted by Gasteiger charge is -2.15. The van der Waals surface area contributed by atoms with Crippen LogP contribution in [-0.4, -0.2) is 40.2 Å². The fraction of sp³-hybridized carbons (Fsp3) is 0.686. The van der Waals surface area contributed by atoms with Crippen molar-refractivity contribution < 1.29 is 18.9 Å². The summed E-state index contributed by atoms with van der Waals surface area (Å²) in [5.41, 5.74) is 2.87. The molecule has 0 radical (unpaired) electrons. The van der Waals surface area contributed by atoms with Gasteiger partial charge in [-0.05, 0) is 54.5 Å². The number of hydrogen-bond donors (Lipinski definition) is 0. The minimum absolute atomic E-state index is 0.0508. The number of unbranched alkanes of at least 4 members (excludes halogenated alkanes) is 7. The van der Waals surface area contributed by atoms with Crippen LogP contribution in [0.15, 0.2) is 36.5 Å². The normalized spacial score (nSPS) is 16.0. The molecule has 0 aliphatic carbocycles. The third-order valence-electron chi connectivity index (χ3n) is 8.14. The Balaban J connectivity index is 1.30. The predicted octanol–water partition coefficient (Wildman–Crippen LogP) is 9.31.